The molecule has 0 fully saturated rings. The Morgan fingerprint density at radius 3 is 2.53 bits per heavy atom. The molecular weight excluding hydrogens is 226 g/mol. The molecule has 92 valence electrons. The molecule has 0 amide bonds. The molecular formula is C11H13NO5. The monoisotopic (exact) mass is 239 g/mol. The first kappa shape index (κ1) is 11.5. The van der Waals surface area contributed by atoms with Crippen LogP contribution in [-0.2, 0) is 4.79 Å². The Hall–Kier alpha value is -1.95. The van der Waals surface area contributed by atoms with Crippen molar-refractivity contribution in [2.75, 3.05) is 20.3 Å². The second-order valence-electron chi connectivity index (χ2n) is 3.55. The van der Waals surface area contributed by atoms with Gasteiger partial charge in [0.2, 0.25) is 0 Å². The van der Waals surface area contributed by atoms with Gasteiger partial charge in [0.15, 0.2) is 11.5 Å². The number of ether oxygens (including phenoxy) is 3. The summed E-state index contributed by atoms with van der Waals surface area (Å²) in [6, 6.07) is 1.99. The largest absolute Gasteiger partial charge is 0.496 e. The van der Waals surface area contributed by atoms with Gasteiger partial charge in [0.25, 0.3) is 0 Å². The number of rotatable bonds is 3. The van der Waals surface area contributed by atoms with Gasteiger partial charge >= 0.3 is 5.97 Å². The summed E-state index contributed by atoms with van der Waals surface area (Å²) in [5.74, 6) is 0.280. The lowest BCUT2D eigenvalue weighted by molar-refractivity contribution is -0.138. The fourth-order valence-electron chi connectivity index (χ4n) is 1.64. The minimum atomic E-state index is -1.15. The lowest BCUT2D eigenvalue weighted by Crippen LogP contribution is -2.22. The molecule has 0 spiro atoms. The molecule has 0 aromatic heterocycles. The van der Waals surface area contributed by atoms with Crippen molar-refractivity contribution in [3.05, 3.63) is 17.7 Å². The van der Waals surface area contributed by atoms with Gasteiger partial charge in [0.05, 0.1) is 7.11 Å². The van der Waals surface area contributed by atoms with E-state index in [2.05, 4.69) is 0 Å². The number of nitrogens with two attached hydrogens (primary N) is 1. The fraction of sp³-hybridized carbons (Fsp3) is 0.364. The second kappa shape index (κ2) is 4.50. The van der Waals surface area contributed by atoms with Crippen LogP contribution in [0.1, 0.15) is 11.6 Å². The smallest absolute Gasteiger partial charge is 0.325 e. The van der Waals surface area contributed by atoms with Gasteiger partial charge < -0.3 is 25.1 Å². The van der Waals surface area contributed by atoms with Crippen LogP contribution in [0.15, 0.2) is 12.1 Å². The predicted octanol–water partition coefficient (Wildman–Crippen LogP) is 0.551. The number of carboxylic acids is 1. The molecule has 1 atom stereocenters. The first-order chi connectivity index (χ1) is 8.13. The summed E-state index contributed by atoms with van der Waals surface area (Å²) in [6.07, 6.45) is 0. The van der Waals surface area contributed by atoms with E-state index in [4.69, 9.17) is 25.1 Å². The molecule has 2 rings (SSSR count). The Morgan fingerprint density at radius 2 is 2.00 bits per heavy atom. The third-order valence-electron chi connectivity index (χ3n) is 2.50. The van der Waals surface area contributed by atoms with Crippen LogP contribution in [0.4, 0.5) is 0 Å². The lowest BCUT2D eigenvalue weighted by Gasteiger charge is -2.21. The van der Waals surface area contributed by atoms with Crippen molar-refractivity contribution in [1.29, 1.82) is 0 Å². The highest BCUT2D eigenvalue weighted by molar-refractivity contribution is 5.77. The second-order valence-corrected chi connectivity index (χ2v) is 3.55. The molecule has 1 aromatic rings. The maximum absolute atomic E-state index is 10.9. The Morgan fingerprint density at radius 1 is 1.41 bits per heavy atom. The van der Waals surface area contributed by atoms with E-state index in [9.17, 15) is 4.79 Å². The summed E-state index contributed by atoms with van der Waals surface area (Å²) in [6.45, 7) is 0.890. The first-order valence-corrected chi connectivity index (χ1v) is 5.09. The van der Waals surface area contributed by atoms with Crippen molar-refractivity contribution < 1.29 is 24.1 Å². The summed E-state index contributed by atoms with van der Waals surface area (Å²) < 4.78 is 15.8. The van der Waals surface area contributed by atoms with E-state index in [1.807, 2.05) is 0 Å². The van der Waals surface area contributed by atoms with Gasteiger partial charge in [-0.05, 0) is 6.07 Å². The molecule has 0 saturated carbocycles. The van der Waals surface area contributed by atoms with E-state index in [0.717, 1.165) is 0 Å². The number of fused-ring (bicyclic) bond motifs is 1. The van der Waals surface area contributed by atoms with Crippen LogP contribution in [0.2, 0.25) is 0 Å². The molecule has 0 aliphatic carbocycles. The highest BCUT2D eigenvalue weighted by Crippen LogP contribution is 2.38. The molecule has 0 bridgehead atoms. The number of benzene rings is 1. The molecule has 1 heterocycles. The average molecular weight is 239 g/mol. The average Bonchev–Trinajstić information content (AvgIpc) is 2.36. The van der Waals surface area contributed by atoms with Crippen LogP contribution in [0.5, 0.6) is 17.2 Å². The zero-order valence-electron chi connectivity index (χ0n) is 9.30. The maximum atomic E-state index is 10.9. The van der Waals surface area contributed by atoms with Crippen LogP contribution >= 0.6 is 0 Å². The molecule has 17 heavy (non-hydrogen) atoms. The quantitative estimate of drug-likeness (QED) is 0.800. The minimum absolute atomic E-state index is 0.365. The minimum Gasteiger partial charge on any atom is -0.496 e. The molecule has 0 unspecified atom stereocenters. The van der Waals surface area contributed by atoms with Crippen molar-refractivity contribution in [3.8, 4) is 17.2 Å². The summed E-state index contributed by atoms with van der Waals surface area (Å²) in [7, 11) is 1.45. The molecule has 0 radical (unpaired) electrons. The van der Waals surface area contributed by atoms with Crippen molar-refractivity contribution in [1.82, 2.24) is 0 Å². The van der Waals surface area contributed by atoms with Crippen molar-refractivity contribution in [2.45, 2.75) is 6.04 Å². The molecule has 1 aliphatic rings. The van der Waals surface area contributed by atoms with E-state index >= 15 is 0 Å². The van der Waals surface area contributed by atoms with Crippen molar-refractivity contribution >= 4 is 5.97 Å². The van der Waals surface area contributed by atoms with E-state index in [1.54, 1.807) is 12.1 Å². The fourth-order valence-corrected chi connectivity index (χ4v) is 1.64. The van der Waals surface area contributed by atoms with Crippen LogP contribution in [-0.4, -0.2) is 31.4 Å². The third-order valence-corrected chi connectivity index (χ3v) is 2.50. The third kappa shape index (κ3) is 2.12. The van der Waals surface area contributed by atoms with Gasteiger partial charge in [-0.15, -0.1) is 0 Å². The van der Waals surface area contributed by atoms with Crippen molar-refractivity contribution in [2.24, 2.45) is 5.73 Å². The molecule has 0 saturated heterocycles. The van der Waals surface area contributed by atoms with Crippen LogP contribution < -0.4 is 19.9 Å². The summed E-state index contributed by atoms with van der Waals surface area (Å²) in [5.41, 5.74) is 5.94. The van der Waals surface area contributed by atoms with Gasteiger partial charge in [-0.2, -0.15) is 0 Å². The standard InChI is InChI=1S/C11H13NO5/c1-15-7-5-9-8(16-2-3-17-9)4-6(7)10(12)11(13)14/h4-5,10H,2-3,12H2,1H3,(H,13,14)/t10-/m0/s1. The van der Waals surface area contributed by atoms with Gasteiger partial charge in [0.1, 0.15) is 25.0 Å². The zero-order valence-corrected chi connectivity index (χ0v) is 9.30. The highest BCUT2D eigenvalue weighted by atomic mass is 16.6. The summed E-state index contributed by atoms with van der Waals surface area (Å²) in [5, 5.41) is 8.91. The number of hydrogen-bond donors (Lipinski definition) is 2. The van der Waals surface area contributed by atoms with Crippen LogP contribution in [0.25, 0.3) is 0 Å². The van der Waals surface area contributed by atoms with Crippen LogP contribution in [0, 0.1) is 0 Å². The maximum Gasteiger partial charge on any atom is 0.325 e. The normalized spacial score (nSPS) is 15.2. The van der Waals surface area contributed by atoms with Gasteiger partial charge in [-0.1, -0.05) is 0 Å². The number of aliphatic carboxylic acids is 1. The molecule has 6 heteroatoms. The van der Waals surface area contributed by atoms with Crippen LogP contribution in [0.3, 0.4) is 0 Å². The van der Waals surface area contributed by atoms with E-state index in [0.29, 0.717) is 36.0 Å². The highest BCUT2D eigenvalue weighted by Gasteiger charge is 2.23. The Bertz CT molecular complexity index is 446. The Labute approximate surface area is 97.9 Å². The van der Waals surface area contributed by atoms with Gasteiger partial charge in [0, 0.05) is 11.6 Å². The summed E-state index contributed by atoms with van der Waals surface area (Å²) in [4.78, 5) is 10.9. The van der Waals surface area contributed by atoms with Gasteiger partial charge in [-0.3, -0.25) is 4.79 Å². The topological polar surface area (TPSA) is 91.0 Å². The van der Waals surface area contributed by atoms with Gasteiger partial charge in [-0.25, -0.2) is 0 Å². The SMILES string of the molecule is COc1cc2c(cc1[C@H](N)C(=O)O)OCCO2. The lowest BCUT2D eigenvalue weighted by atomic mass is 10.1. The molecule has 1 aliphatic heterocycles. The summed E-state index contributed by atoms with van der Waals surface area (Å²) >= 11 is 0. The predicted molar refractivity (Wildman–Crippen MR) is 58.5 cm³/mol. The molecule has 6 nitrogen and oxygen atoms in total. The Balaban J connectivity index is 2.46. The number of carboxylic acid groups (broad SMARTS) is 1. The number of hydrogen-bond acceptors (Lipinski definition) is 5. The molecule has 3 N–H and O–H groups in total. The van der Waals surface area contributed by atoms with E-state index in [1.165, 1.54) is 7.11 Å². The first-order valence-electron chi connectivity index (χ1n) is 5.09. The zero-order chi connectivity index (χ0) is 12.4. The molecule has 1 aromatic carbocycles. The van der Waals surface area contributed by atoms with E-state index in [-0.39, 0.29) is 0 Å². The number of methoxy groups -OCH3 is 1. The Kier molecular flexibility index (Phi) is 3.06. The number of carbonyl (C=O) groups is 1. The van der Waals surface area contributed by atoms with E-state index < -0.39 is 12.0 Å². The van der Waals surface area contributed by atoms with Crippen molar-refractivity contribution in [3.63, 3.8) is 0 Å².